The average molecular weight is 316 g/mol. The van der Waals surface area contributed by atoms with Gasteiger partial charge in [-0.05, 0) is 36.9 Å². The van der Waals surface area contributed by atoms with E-state index in [4.69, 9.17) is 4.74 Å². The molecule has 0 fully saturated rings. The summed E-state index contributed by atoms with van der Waals surface area (Å²) in [5.74, 6) is 1.39. The Morgan fingerprint density at radius 1 is 1.21 bits per heavy atom. The zero-order chi connectivity index (χ0) is 13.5. The quantitative estimate of drug-likeness (QED) is 0.570. The SMILES string of the molecule is CSc1nnc(SCCCOc2ccc(F)cc2)s1. The summed E-state index contributed by atoms with van der Waals surface area (Å²) in [5.41, 5.74) is 0. The van der Waals surface area contributed by atoms with Gasteiger partial charge in [0.15, 0.2) is 8.68 Å². The molecule has 0 saturated heterocycles. The molecule has 0 amide bonds. The monoisotopic (exact) mass is 316 g/mol. The first kappa shape index (κ1) is 14.6. The molecule has 0 spiro atoms. The van der Waals surface area contributed by atoms with Crippen LogP contribution in [0.1, 0.15) is 6.42 Å². The van der Waals surface area contributed by atoms with Crippen LogP contribution in [0, 0.1) is 5.82 Å². The van der Waals surface area contributed by atoms with Gasteiger partial charge < -0.3 is 4.74 Å². The van der Waals surface area contributed by atoms with Crippen LogP contribution >= 0.6 is 34.9 Å². The van der Waals surface area contributed by atoms with E-state index in [2.05, 4.69) is 10.2 Å². The zero-order valence-corrected chi connectivity index (χ0v) is 12.8. The highest BCUT2D eigenvalue weighted by Crippen LogP contribution is 2.27. The third-order valence-electron chi connectivity index (χ3n) is 2.16. The highest BCUT2D eigenvalue weighted by atomic mass is 32.2. The van der Waals surface area contributed by atoms with E-state index in [-0.39, 0.29) is 5.82 Å². The average Bonchev–Trinajstić information content (AvgIpc) is 2.88. The second-order valence-corrected chi connectivity index (χ2v) is 6.92. The number of hydrogen-bond acceptors (Lipinski definition) is 6. The molecule has 0 atom stereocenters. The molecule has 1 heterocycles. The lowest BCUT2D eigenvalue weighted by atomic mass is 10.3. The van der Waals surface area contributed by atoms with Crippen LogP contribution in [0.4, 0.5) is 4.39 Å². The third kappa shape index (κ3) is 5.00. The number of hydrogen-bond donors (Lipinski definition) is 0. The molecule has 2 rings (SSSR count). The first-order chi connectivity index (χ1) is 9.28. The fourth-order valence-electron chi connectivity index (χ4n) is 1.28. The van der Waals surface area contributed by atoms with E-state index in [0.717, 1.165) is 20.9 Å². The van der Waals surface area contributed by atoms with Gasteiger partial charge in [0.2, 0.25) is 0 Å². The van der Waals surface area contributed by atoms with Crippen molar-refractivity contribution in [3.8, 4) is 5.75 Å². The second kappa shape index (κ2) is 7.72. The minimum absolute atomic E-state index is 0.247. The lowest BCUT2D eigenvalue weighted by Crippen LogP contribution is -1.98. The van der Waals surface area contributed by atoms with Crippen LogP contribution in [0.5, 0.6) is 5.75 Å². The van der Waals surface area contributed by atoms with Gasteiger partial charge in [-0.25, -0.2) is 4.39 Å². The highest BCUT2D eigenvalue weighted by Gasteiger charge is 2.03. The molecule has 102 valence electrons. The lowest BCUT2D eigenvalue weighted by Gasteiger charge is -2.04. The third-order valence-corrected chi connectivity index (χ3v) is 5.28. The standard InChI is InChI=1S/C12H13FN2OS3/c1-17-11-14-15-12(19-11)18-8-2-7-16-10-5-3-9(13)4-6-10/h3-6H,2,7-8H2,1H3. The largest absolute Gasteiger partial charge is 0.494 e. The van der Waals surface area contributed by atoms with E-state index in [9.17, 15) is 4.39 Å². The highest BCUT2D eigenvalue weighted by molar-refractivity contribution is 8.02. The Hall–Kier alpha value is -0.790. The maximum Gasteiger partial charge on any atom is 0.175 e. The summed E-state index contributed by atoms with van der Waals surface area (Å²) < 4.78 is 20.2. The second-order valence-electron chi connectivity index (χ2n) is 3.54. The molecule has 0 bridgehead atoms. The normalized spacial score (nSPS) is 10.6. The van der Waals surface area contributed by atoms with Crippen molar-refractivity contribution in [1.29, 1.82) is 0 Å². The van der Waals surface area contributed by atoms with Crippen LogP contribution in [-0.4, -0.2) is 28.8 Å². The Morgan fingerprint density at radius 2 is 1.95 bits per heavy atom. The number of ether oxygens (including phenoxy) is 1. The molecule has 1 aromatic carbocycles. The molecular weight excluding hydrogens is 303 g/mol. The molecule has 19 heavy (non-hydrogen) atoms. The van der Waals surface area contributed by atoms with Gasteiger partial charge in [-0.3, -0.25) is 0 Å². The van der Waals surface area contributed by atoms with E-state index >= 15 is 0 Å². The molecule has 0 aliphatic heterocycles. The fraction of sp³-hybridized carbons (Fsp3) is 0.333. The van der Waals surface area contributed by atoms with E-state index in [1.54, 1.807) is 47.0 Å². The van der Waals surface area contributed by atoms with Crippen molar-refractivity contribution in [1.82, 2.24) is 10.2 Å². The van der Waals surface area contributed by atoms with Gasteiger partial charge in [0.05, 0.1) is 6.61 Å². The Balaban J connectivity index is 1.63. The summed E-state index contributed by atoms with van der Waals surface area (Å²) in [6.45, 7) is 0.618. The van der Waals surface area contributed by atoms with Crippen LogP contribution in [0.3, 0.4) is 0 Å². The van der Waals surface area contributed by atoms with Gasteiger partial charge in [-0.2, -0.15) is 0 Å². The molecule has 2 aromatic rings. The maximum atomic E-state index is 12.7. The molecule has 0 saturated carbocycles. The Kier molecular flexibility index (Phi) is 5.93. The number of benzene rings is 1. The summed E-state index contributed by atoms with van der Waals surface area (Å²) in [7, 11) is 0. The van der Waals surface area contributed by atoms with E-state index in [1.807, 2.05) is 6.26 Å². The molecule has 3 nitrogen and oxygen atoms in total. The van der Waals surface area contributed by atoms with E-state index in [0.29, 0.717) is 12.4 Å². The molecule has 0 aliphatic rings. The number of aromatic nitrogens is 2. The number of nitrogens with zero attached hydrogens (tertiary/aromatic N) is 2. The minimum Gasteiger partial charge on any atom is -0.494 e. The molecule has 0 radical (unpaired) electrons. The van der Waals surface area contributed by atoms with Gasteiger partial charge in [-0.1, -0.05) is 34.9 Å². The number of halogens is 1. The fourth-order valence-corrected chi connectivity index (χ4v) is 3.70. The van der Waals surface area contributed by atoms with Crippen molar-refractivity contribution in [2.75, 3.05) is 18.6 Å². The van der Waals surface area contributed by atoms with Crippen molar-refractivity contribution in [2.45, 2.75) is 15.1 Å². The Bertz CT molecular complexity index is 504. The van der Waals surface area contributed by atoms with Crippen molar-refractivity contribution < 1.29 is 9.13 Å². The van der Waals surface area contributed by atoms with Gasteiger partial charge in [0.1, 0.15) is 11.6 Å². The predicted octanol–water partition coefficient (Wildman–Crippen LogP) is 3.96. The van der Waals surface area contributed by atoms with Crippen LogP contribution < -0.4 is 4.74 Å². The molecular formula is C12H13FN2OS3. The van der Waals surface area contributed by atoms with Crippen LogP contribution in [0.2, 0.25) is 0 Å². The summed E-state index contributed by atoms with van der Waals surface area (Å²) in [4.78, 5) is 0. The topological polar surface area (TPSA) is 35.0 Å². The summed E-state index contributed by atoms with van der Waals surface area (Å²) >= 11 is 4.90. The molecule has 1 aromatic heterocycles. The van der Waals surface area contributed by atoms with Crippen LogP contribution in [0.15, 0.2) is 32.9 Å². The first-order valence-corrected chi connectivity index (χ1v) is 8.69. The van der Waals surface area contributed by atoms with Crippen molar-refractivity contribution in [3.05, 3.63) is 30.1 Å². The zero-order valence-electron chi connectivity index (χ0n) is 10.3. The van der Waals surface area contributed by atoms with Gasteiger partial charge in [-0.15, -0.1) is 10.2 Å². The van der Waals surface area contributed by atoms with Crippen molar-refractivity contribution in [3.63, 3.8) is 0 Å². The van der Waals surface area contributed by atoms with Gasteiger partial charge in [0.25, 0.3) is 0 Å². The maximum absolute atomic E-state index is 12.7. The van der Waals surface area contributed by atoms with Crippen molar-refractivity contribution >= 4 is 34.9 Å². The predicted molar refractivity (Wildman–Crippen MR) is 78.9 cm³/mol. The van der Waals surface area contributed by atoms with Crippen molar-refractivity contribution in [2.24, 2.45) is 0 Å². The Labute approximate surface area is 124 Å². The van der Waals surface area contributed by atoms with E-state index < -0.39 is 0 Å². The summed E-state index contributed by atoms with van der Waals surface area (Å²) in [6.07, 6.45) is 2.90. The Morgan fingerprint density at radius 3 is 2.63 bits per heavy atom. The molecule has 0 unspecified atom stereocenters. The summed E-state index contributed by atoms with van der Waals surface area (Å²) in [6, 6.07) is 6.07. The minimum atomic E-state index is -0.247. The summed E-state index contributed by atoms with van der Waals surface area (Å²) in [5, 5.41) is 8.11. The van der Waals surface area contributed by atoms with Crippen LogP contribution in [0.25, 0.3) is 0 Å². The van der Waals surface area contributed by atoms with Gasteiger partial charge in [0, 0.05) is 5.75 Å². The molecule has 0 aliphatic carbocycles. The lowest BCUT2D eigenvalue weighted by molar-refractivity contribution is 0.318. The smallest absolute Gasteiger partial charge is 0.175 e. The van der Waals surface area contributed by atoms with Crippen LogP contribution in [-0.2, 0) is 0 Å². The van der Waals surface area contributed by atoms with Gasteiger partial charge >= 0.3 is 0 Å². The molecule has 0 N–H and O–H groups in total. The number of thioether (sulfide) groups is 2. The first-order valence-electron chi connectivity index (χ1n) is 5.66. The number of rotatable bonds is 7. The molecule has 7 heteroatoms. The van der Waals surface area contributed by atoms with E-state index in [1.165, 1.54) is 12.1 Å².